The van der Waals surface area contributed by atoms with Gasteiger partial charge in [-0.1, -0.05) is 0 Å². The van der Waals surface area contributed by atoms with Crippen LogP contribution < -0.4 is 5.32 Å². The Morgan fingerprint density at radius 1 is 1.33 bits per heavy atom. The Hall–Kier alpha value is -0.120. The van der Waals surface area contributed by atoms with Gasteiger partial charge in [0.25, 0.3) is 0 Å². The number of aliphatic hydroxyl groups excluding tert-OH is 1. The molecule has 3 heteroatoms. The van der Waals surface area contributed by atoms with Crippen molar-refractivity contribution in [1.82, 2.24) is 5.32 Å². The molecule has 12 heavy (non-hydrogen) atoms. The molecule has 0 amide bonds. The van der Waals surface area contributed by atoms with Gasteiger partial charge in [0.2, 0.25) is 0 Å². The molecular weight excluding hydrogens is 154 g/mol. The minimum Gasteiger partial charge on any atom is -0.392 e. The van der Waals surface area contributed by atoms with Crippen molar-refractivity contribution in [2.45, 2.75) is 31.4 Å². The fourth-order valence-electron chi connectivity index (χ4n) is 1.78. The summed E-state index contributed by atoms with van der Waals surface area (Å²) in [5.41, 5.74) is 0. The van der Waals surface area contributed by atoms with Gasteiger partial charge in [0.1, 0.15) is 0 Å². The molecule has 0 radical (unpaired) electrons. The van der Waals surface area contributed by atoms with Crippen LogP contribution in [0.3, 0.4) is 0 Å². The Kier molecular flexibility index (Phi) is 2.63. The van der Waals surface area contributed by atoms with Crippen molar-refractivity contribution >= 4 is 0 Å². The van der Waals surface area contributed by atoms with Crippen molar-refractivity contribution in [3.05, 3.63) is 0 Å². The largest absolute Gasteiger partial charge is 0.392 e. The predicted molar refractivity (Wildman–Crippen MR) is 46.0 cm³/mol. The Balaban J connectivity index is 1.61. The number of aliphatic hydroxyl groups is 1. The third-order valence-corrected chi connectivity index (χ3v) is 2.93. The van der Waals surface area contributed by atoms with E-state index in [9.17, 15) is 5.11 Å². The molecule has 3 nitrogen and oxygen atoms in total. The first kappa shape index (κ1) is 8.48. The minimum atomic E-state index is -0.0904. The van der Waals surface area contributed by atoms with Crippen LogP contribution in [0.2, 0.25) is 0 Å². The van der Waals surface area contributed by atoms with E-state index in [1.165, 1.54) is 6.42 Å². The molecule has 2 fully saturated rings. The molecule has 0 spiro atoms. The van der Waals surface area contributed by atoms with Crippen LogP contribution in [0.15, 0.2) is 0 Å². The Morgan fingerprint density at radius 2 is 2.25 bits per heavy atom. The lowest BCUT2D eigenvalue weighted by Gasteiger charge is -2.33. The van der Waals surface area contributed by atoms with E-state index in [1.54, 1.807) is 0 Å². The second-order valence-electron chi connectivity index (χ2n) is 3.89. The Bertz CT molecular complexity index is 143. The molecule has 1 aliphatic heterocycles. The lowest BCUT2D eigenvalue weighted by Crippen LogP contribution is -2.49. The SMILES string of the molecule is OC1CCC1NCC1CCOC1. The quantitative estimate of drug-likeness (QED) is 0.634. The highest BCUT2D eigenvalue weighted by Crippen LogP contribution is 2.20. The van der Waals surface area contributed by atoms with Crippen LogP contribution in [0, 0.1) is 5.92 Å². The second-order valence-corrected chi connectivity index (χ2v) is 3.89. The molecule has 3 atom stereocenters. The predicted octanol–water partition coefficient (Wildman–Crippen LogP) is 0.136. The maximum atomic E-state index is 9.29. The molecule has 2 aliphatic rings. The van der Waals surface area contributed by atoms with E-state index in [2.05, 4.69) is 5.32 Å². The van der Waals surface area contributed by atoms with Gasteiger partial charge < -0.3 is 15.2 Å². The number of hydrogen-bond acceptors (Lipinski definition) is 3. The summed E-state index contributed by atoms with van der Waals surface area (Å²) >= 11 is 0. The van der Waals surface area contributed by atoms with Crippen LogP contribution in [0.5, 0.6) is 0 Å². The highest BCUT2D eigenvalue weighted by atomic mass is 16.5. The molecule has 0 aromatic heterocycles. The zero-order chi connectivity index (χ0) is 8.39. The van der Waals surface area contributed by atoms with Crippen LogP contribution in [-0.2, 0) is 4.74 Å². The summed E-state index contributed by atoms with van der Waals surface area (Å²) in [4.78, 5) is 0. The van der Waals surface area contributed by atoms with E-state index >= 15 is 0 Å². The van der Waals surface area contributed by atoms with Crippen molar-refractivity contribution in [2.24, 2.45) is 5.92 Å². The number of hydrogen-bond donors (Lipinski definition) is 2. The fraction of sp³-hybridized carbons (Fsp3) is 1.00. The summed E-state index contributed by atoms with van der Waals surface area (Å²) in [5, 5.41) is 12.7. The minimum absolute atomic E-state index is 0.0904. The average molecular weight is 171 g/mol. The lowest BCUT2D eigenvalue weighted by atomic mass is 9.89. The summed E-state index contributed by atoms with van der Waals surface area (Å²) in [7, 11) is 0. The molecule has 1 aliphatic carbocycles. The normalized spacial score (nSPS) is 41.2. The van der Waals surface area contributed by atoms with Gasteiger partial charge in [0, 0.05) is 19.2 Å². The molecule has 2 rings (SSSR count). The molecule has 1 heterocycles. The van der Waals surface area contributed by atoms with Gasteiger partial charge in [-0.2, -0.15) is 0 Å². The molecule has 0 bridgehead atoms. The van der Waals surface area contributed by atoms with Crippen molar-refractivity contribution in [3.63, 3.8) is 0 Å². The third-order valence-electron chi connectivity index (χ3n) is 2.93. The van der Waals surface area contributed by atoms with Gasteiger partial charge in [-0.05, 0) is 25.2 Å². The van der Waals surface area contributed by atoms with Gasteiger partial charge >= 0.3 is 0 Å². The van der Waals surface area contributed by atoms with Crippen LogP contribution >= 0.6 is 0 Å². The van der Waals surface area contributed by atoms with E-state index < -0.39 is 0 Å². The summed E-state index contributed by atoms with van der Waals surface area (Å²) in [6, 6.07) is 0.366. The molecule has 70 valence electrons. The topological polar surface area (TPSA) is 41.5 Å². The molecule has 1 saturated carbocycles. The molecular formula is C9H17NO2. The maximum absolute atomic E-state index is 9.29. The van der Waals surface area contributed by atoms with Crippen molar-refractivity contribution in [2.75, 3.05) is 19.8 Å². The number of ether oxygens (including phenoxy) is 1. The van der Waals surface area contributed by atoms with Crippen molar-refractivity contribution in [3.8, 4) is 0 Å². The Labute approximate surface area is 73.1 Å². The molecule has 0 aromatic rings. The fourth-order valence-corrected chi connectivity index (χ4v) is 1.78. The summed E-state index contributed by atoms with van der Waals surface area (Å²) in [5.74, 6) is 0.679. The standard InChI is InChI=1S/C9H17NO2/c11-9-2-1-8(9)10-5-7-3-4-12-6-7/h7-11H,1-6H2. The molecule has 0 aromatic carbocycles. The second kappa shape index (κ2) is 3.73. The third kappa shape index (κ3) is 1.79. The van der Waals surface area contributed by atoms with Crippen LogP contribution in [0.4, 0.5) is 0 Å². The van der Waals surface area contributed by atoms with E-state index in [4.69, 9.17) is 4.74 Å². The van der Waals surface area contributed by atoms with Crippen molar-refractivity contribution in [1.29, 1.82) is 0 Å². The van der Waals surface area contributed by atoms with Gasteiger partial charge in [-0.25, -0.2) is 0 Å². The van der Waals surface area contributed by atoms with Gasteiger partial charge in [0.05, 0.1) is 12.7 Å². The summed E-state index contributed by atoms with van der Waals surface area (Å²) in [6.45, 7) is 2.83. The molecule has 1 saturated heterocycles. The first-order valence-corrected chi connectivity index (χ1v) is 4.85. The van der Waals surface area contributed by atoms with Gasteiger partial charge in [0.15, 0.2) is 0 Å². The van der Waals surface area contributed by atoms with Crippen molar-refractivity contribution < 1.29 is 9.84 Å². The number of rotatable bonds is 3. The number of nitrogens with one attached hydrogen (secondary N) is 1. The average Bonchev–Trinajstić information content (AvgIpc) is 2.54. The zero-order valence-electron chi connectivity index (χ0n) is 7.33. The Morgan fingerprint density at radius 3 is 2.75 bits per heavy atom. The monoisotopic (exact) mass is 171 g/mol. The highest BCUT2D eigenvalue weighted by Gasteiger charge is 2.29. The first-order chi connectivity index (χ1) is 5.86. The van der Waals surface area contributed by atoms with Crippen LogP contribution in [0.25, 0.3) is 0 Å². The van der Waals surface area contributed by atoms with E-state index in [0.717, 1.165) is 32.6 Å². The first-order valence-electron chi connectivity index (χ1n) is 4.85. The van der Waals surface area contributed by atoms with Gasteiger partial charge in [-0.3, -0.25) is 0 Å². The maximum Gasteiger partial charge on any atom is 0.0693 e. The highest BCUT2D eigenvalue weighted by molar-refractivity contribution is 4.87. The van der Waals surface area contributed by atoms with E-state index in [0.29, 0.717) is 12.0 Å². The zero-order valence-corrected chi connectivity index (χ0v) is 7.33. The van der Waals surface area contributed by atoms with Gasteiger partial charge in [-0.15, -0.1) is 0 Å². The van der Waals surface area contributed by atoms with E-state index in [1.807, 2.05) is 0 Å². The van der Waals surface area contributed by atoms with Crippen LogP contribution in [-0.4, -0.2) is 37.0 Å². The molecule has 2 N–H and O–H groups in total. The van der Waals surface area contributed by atoms with Crippen LogP contribution in [0.1, 0.15) is 19.3 Å². The summed E-state index contributed by atoms with van der Waals surface area (Å²) in [6.07, 6.45) is 3.19. The lowest BCUT2D eigenvalue weighted by molar-refractivity contribution is 0.0477. The molecule has 3 unspecified atom stereocenters. The smallest absolute Gasteiger partial charge is 0.0693 e. The summed E-state index contributed by atoms with van der Waals surface area (Å²) < 4.78 is 5.27. The van der Waals surface area contributed by atoms with E-state index in [-0.39, 0.29) is 6.10 Å².